The smallest absolute Gasteiger partial charge is 0.341 e. The Balaban J connectivity index is 3.52. The summed E-state index contributed by atoms with van der Waals surface area (Å²) in [5.74, 6) is -0.416. The Bertz CT molecular complexity index is 512. The molecular weight excluding hydrogens is 264 g/mol. The minimum Gasteiger partial charge on any atom is -0.496 e. The molecule has 0 aliphatic rings. The summed E-state index contributed by atoms with van der Waals surface area (Å²) in [5, 5.41) is 11.2. The SMILES string of the molecule is CCN(CC)c1cc(OC)c(C(=O)OC)cc1[N+](=O)[O-]. The van der Waals surface area contributed by atoms with Gasteiger partial charge in [0.25, 0.3) is 5.69 Å². The molecule has 0 amide bonds. The molecule has 0 saturated heterocycles. The summed E-state index contributed by atoms with van der Waals surface area (Å²) in [7, 11) is 2.62. The van der Waals surface area contributed by atoms with Crippen LogP contribution in [0.1, 0.15) is 24.2 Å². The third-order valence-corrected chi connectivity index (χ3v) is 3.00. The lowest BCUT2D eigenvalue weighted by Crippen LogP contribution is -2.23. The molecule has 0 bridgehead atoms. The zero-order valence-electron chi connectivity index (χ0n) is 12.0. The van der Waals surface area contributed by atoms with Gasteiger partial charge in [0.05, 0.1) is 19.1 Å². The number of nitro benzene ring substituents is 1. The van der Waals surface area contributed by atoms with Crippen molar-refractivity contribution in [2.75, 3.05) is 32.2 Å². The van der Waals surface area contributed by atoms with Gasteiger partial charge in [0, 0.05) is 25.2 Å². The molecule has 0 fully saturated rings. The highest BCUT2D eigenvalue weighted by atomic mass is 16.6. The first-order valence-electron chi connectivity index (χ1n) is 6.19. The van der Waals surface area contributed by atoms with E-state index < -0.39 is 10.9 Å². The Morgan fingerprint density at radius 3 is 2.30 bits per heavy atom. The van der Waals surface area contributed by atoms with E-state index in [0.29, 0.717) is 18.8 Å². The van der Waals surface area contributed by atoms with Gasteiger partial charge in [-0.05, 0) is 13.8 Å². The number of nitrogens with zero attached hydrogens (tertiary/aromatic N) is 2. The van der Waals surface area contributed by atoms with Gasteiger partial charge in [-0.2, -0.15) is 0 Å². The van der Waals surface area contributed by atoms with Gasteiger partial charge in [-0.3, -0.25) is 10.1 Å². The number of ether oxygens (including phenoxy) is 2. The van der Waals surface area contributed by atoms with Crippen LogP contribution < -0.4 is 9.64 Å². The number of anilines is 1. The van der Waals surface area contributed by atoms with E-state index in [0.717, 1.165) is 0 Å². The van der Waals surface area contributed by atoms with Crippen molar-refractivity contribution in [1.29, 1.82) is 0 Å². The van der Waals surface area contributed by atoms with Crippen LogP contribution in [-0.4, -0.2) is 38.2 Å². The van der Waals surface area contributed by atoms with Crippen LogP contribution in [0.4, 0.5) is 11.4 Å². The maximum absolute atomic E-state index is 11.6. The number of hydrogen-bond acceptors (Lipinski definition) is 6. The van der Waals surface area contributed by atoms with Crippen LogP contribution in [0.15, 0.2) is 12.1 Å². The first-order valence-corrected chi connectivity index (χ1v) is 6.19. The third-order valence-electron chi connectivity index (χ3n) is 3.00. The highest BCUT2D eigenvalue weighted by molar-refractivity contribution is 5.94. The van der Waals surface area contributed by atoms with Gasteiger partial charge >= 0.3 is 5.97 Å². The number of benzene rings is 1. The molecule has 7 heteroatoms. The Kier molecular flexibility index (Phi) is 5.31. The number of nitro groups is 1. The molecule has 1 aromatic rings. The lowest BCUT2D eigenvalue weighted by atomic mass is 10.1. The summed E-state index contributed by atoms with van der Waals surface area (Å²) in [6.45, 7) is 5.01. The van der Waals surface area contributed by atoms with Crippen molar-refractivity contribution in [3.8, 4) is 5.75 Å². The van der Waals surface area contributed by atoms with Gasteiger partial charge in [-0.1, -0.05) is 0 Å². The largest absolute Gasteiger partial charge is 0.496 e. The predicted octanol–water partition coefficient (Wildman–Crippen LogP) is 2.24. The lowest BCUT2D eigenvalue weighted by Gasteiger charge is -2.22. The number of hydrogen-bond donors (Lipinski definition) is 0. The van der Waals surface area contributed by atoms with E-state index in [2.05, 4.69) is 4.74 Å². The molecule has 0 aromatic heterocycles. The highest BCUT2D eigenvalue weighted by Gasteiger charge is 2.25. The normalized spacial score (nSPS) is 10.0. The molecule has 0 spiro atoms. The summed E-state index contributed by atoms with van der Waals surface area (Å²) in [6, 6.07) is 2.69. The maximum atomic E-state index is 11.6. The van der Waals surface area contributed by atoms with Gasteiger partial charge in [-0.15, -0.1) is 0 Å². The van der Waals surface area contributed by atoms with Crippen molar-refractivity contribution in [3.05, 3.63) is 27.8 Å². The van der Waals surface area contributed by atoms with Crippen molar-refractivity contribution < 1.29 is 19.2 Å². The zero-order valence-corrected chi connectivity index (χ0v) is 12.0. The molecule has 0 heterocycles. The van der Waals surface area contributed by atoms with Crippen molar-refractivity contribution >= 4 is 17.3 Å². The summed E-state index contributed by atoms with van der Waals surface area (Å²) in [6.07, 6.45) is 0. The first kappa shape index (κ1) is 15.7. The fourth-order valence-electron chi connectivity index (χ4n) is 1.96. The molecule has 0 unspecified atom stereocenters. The van der Waals surface area contributed by atoms with Gasteiger partial charge in [0.1, 0.15) is 17.0 Å². The highest BCUT2D eigenvalue weighted by Crippen LogP contribution is 2.35. The minimum absolute atomic E-state index is 0.0395. The quantitative estimate of drug-likeness (QED) is 0.452. The van der Waals surface area contributed by atoms with Gasteiger partial charge < -0.3 is 14.4 Å². The number of rotatable bonds is 6. The predicted molar refractivity (Wildman–Crippen MR) is 74.5 cm³/mol. The maximum Gasteiger partial charge on any atom is 0.341 e. The number of methoxy groups -OCH3 is 2. The van der Waals surface area contributed by atoms with Crippen LogP contribution in [0.5, 0.6) is 5.75 Å². The molecule has 7 nitrogen and oxygen atoms in total. The Labute approximate surface area is 117 Å². The second-order valence-corrected chi connectivity index (χ2v) is 3.96. The third kappa shape index (κ3) is 2.98. The van der Waals surface area contributed by atoms with Crippen molar-refractivity contribution in [1.82, 2.24) is 0 Å². The van der Waals surface area contributed by atoms with Gasteiger partial charge in [-0.25, -0.2) is 4.79 Å². The second kappa shape index (κ2) is 6.74. The van der Waals surface area contributed by atoms with Crippen LogP contribution in [-0.2, 0) is 4.74 Å². The van der Waals surface area contributed by atoms with E-state index in [1.807, 2.05) is 18.7 Å². The van der Waals surface area contributed by atoms with Crippen LogP contribution in [0.2, 0.25) is 0 Å². The molecule has 0 saturated carbocycles. The fraction of sp³-hybridized carbons (Fsp3) is 0.462. The average Bonchev–Trinajstić information content (AvgIpc) is 2.46. The van der Waals surface area contributed by atoms with E-state index in [4.69, 9.17) is 4.74 Å². The molecule has 20 heavy (non-hydrogen) atoms. The van der Waals surface area contributed by atoms with E-state index in [-0.39, 0.29) is 17.0 Å². The van der Waals surface area contributed by atoms with Gasteiger partial charge in [0.2, 0.25) is 0 Å². The van der Waals surface area contributed by atoms with E-state index in [9.17, 15) is 14.9 Å². The minimum atomic E-state index is -0.670. The molecule has 1 rings (SSSR count). The molecule has 1 aromatic carbocycles. The molecule has 0 aliphatic carbocycles. The summed E-state index contributed by atoms with van der Waals surface area (Å²) in [5.41, 5.74) is 0.317. The van der Waals surface area contributed by atoms with Crippen molar-refractivity contribution in [3.63, 3.8) is 0 Å². The molecule has 0 N–H and O–H groups in total. The summed E-state index contributed by atoms with van der Waals surface area (Å²) >= 11 is 0. The van der Waals surface area contributed by atoms with E-state index in [1.54, 1.807) is 0 Å². The first-order chi connectivity index (χ1) is 9.49. The van der Waals surface area contributed by atoms with Crippen molar-refractivity contribution in [2.24, 2.45) is 0 Å². The van der Waals surface area contributed by atoms with Gasteiger partial charge in [0.15, 0.2) is 0 Å². The Hall–Kier alpha value is -2.31. The average molecular weight is 282 g/mol. The molecular formula is C13H18N2O5. The number of carbonyl (C=O) groups is 1. The zero-order chi connectivity index (χ0) is 15.3. The monoisotopic (exact) mass is 282 g/mol. The standard InChI is InChI=1S/C13H18N2O5/c1-5-14(6-2)10-8-12(19-3)9(13(16)20-4)7-11(10)15(17)18/h7-8H,5-6H2,1-4H3. The van der Waals surface area contributed by atoms with E-state index >= 15 is 0 Å². The van der Waals surface area contributed by atoms with Crippen LogP contribution >= 0.6 is 0 Å². The Morgan fingerprint density at radius 1 is 1.30 bits per heavy atom. The molecule has 0 aliphatic heterocycles. The van der Waals surface area contributed by atoms with E-state index in [1.165, 1.54) is 26.4 Å². The van der Waals surface area contributed by atoms with Crippen molar-refractivity contribution in [2.45, 2.75) is 13.8 Å². The Morgan fingerprint density at radius 2 is 1.90 bits per heavy atom. The number of carbonyl (C=O) groups excluding carboxylic acids is 1. The molecule has 0 radical (unpaired) electrons. The summed E-state index contributed by atoms with van der Waals surface area (Å²) in [4.78, 5) is 24.2. The number of esters is 1. The summed E-state index contributed by atoms with van der Waals surface area (Å²) < 4.78 is 9.74. The van der Waals surface area contributed by atoms with Crippen LogP contribution in [0, 0.1) is 10.1 Å². The molecule has 0 atom stereocenters. The second-order valence-electron chi connectivity index (χ2n) is 3.96. The van der Waals surface area contributed by atoms with Crippen LogP contribution in [0.3, 0.4) is 0 Å². The fourth-order valence-corrected chi connectivity index (χ4v) is 1.96. The molecule has 110 valence electrons. The lowest BCUT2D eigenvalue weighted by molar-refractivity contribution is -0.384. The topological polar surface area (TPSA) is 81.9 Å². The van der Waals surface area contributed by atoms with Crippen LogP contribution in [0.25, 0.3) is 0 Å².